The lowest BCUT2D eigenvalue weighted by atomic mass is 9.89. The van der Waals surface area contributed by atoms with Crippen LogP contribution in [0.15, 0.2) is 18.6 Å². The molecule has 0 atom stereocenters. The summed E-state index contributed by atoms with van der Waals surface area (Å²) in [6.07, 6.45) is 9.60. The molecule has 5 rings (SSSR count). The molecule has 0 radical (unpaired) electrons. The number of nitrogens with zero attached hydrogens (tertiary/aromatic N) is 6. The third kappa shape index (κ3) is 6.22. The Bertz CT molecular complexity index is 1010. The lowest BCUT2D eigenvalue weighted by molar-refractivity contribution is 0.0490. The predicted molar refractivity (Wildman–Crippen MR) is 136 cm³/mol. The van der Waals surface area contributed by atoms with Crippen molar-refractivity contribution < 1.29 is 14.3 Å². The number of ether oxygens (including phenoxy) is 2. The van der Waals surface area contributed by atoms with Crippen molar-refractivity contribution in [2.75, 3.05) is 53.0 Å². The van der Waals surface area contributed by atoms with Crippen molar-refractivity contribution >= 4 is 5.91 Å². The molecule has 2 aliphatic heterocycles. The van der Waals surface area contributed by atoms with E-state index in [9.17, 15) is 4.79 Å². The standard InChI is InChI=1S/C26H39N7O3/c1-31-9-11-33(12-10-31)21-5-3-20(4-6-21)28-26(34)22-15-24(36-17-19-7-13-35-14-8-19)30-25(29-22)23-16-27-18-32(23)2/h15-16,18-21H,3-14,17H2,1-2H3,(H,28,34). The number of rotatable bonds is 7. The van der Waals surface area contributed by atoms with Crippen LogP contribution in [-0.4, -0.2) is 100 Å². The van der Waals surface area contributed by atoms with Crippen molar-refractivity contribution in [1.29, 1.82) is 0 Å². The van der Waals surface area contributed by atoms with Crippen LogP contribution in [0.25, 0.3) is 11.5 Å². The Morgan fingerprint density at radius 3 is 2.50 bits per heavy atom. The van der Waals surface area contributed by atoms with E-state index in [0.29, 0.717) is 36.0 Å². The maximum atomic E-state index is 13.3. The highest BCUT2D eigenvalue weighted by atomic mass is 16.5. The smallest absolute Gasteiger partial charge is 0.270 e. The first-order valence-electron chi connectivity index (χ1n) is 13.3. The molecule has 1 aliphatic carbocycles. The lowest BCUT2D eigenvalue weighted by Gasteiger charge is -2.41. The third-order valence-electron chi connectivity index (χ3n) is 7.88. The van der Waals surface area contributed by atoms with Crippen LogP contribution in [0.3, 0.4) is 0 Å². The molecular weight excluding hydrogens is 458 g/mol. The van der Waals surface area contributed by atoms with E-state index in [-0.39, 0.29) is 11.9 Å². The number of carbonyl (C=O) groups is 1. The molecule has 0 aromatic carbocycles. The summed E-state index contributed by atoms with van der Waals surface area (Å²) in [6.45, 7) is 6.66. The third-order valence-corrected chi connectivity index (χ3v) is 7.88. The van der Waals surface area contributed by atoms with Crippen molar-refractivity contribution in [3.05, 3.63) is 24.3 Å². The molecular formula is C26H39N7O3. The Hall–Kier alpha value is -2.56. The van der Waals surface area contributed by atoms with Crippen LogP contribution in [0, 0.1) is 5.92 Å². The molecule has 1 saturated carbocycles. The molecule has 2 aromatic heterocycles. The highest BCUT2D eigenvalue weighted by Gasteiger charge is 2.29. The van der Waals surface area contributed by atoms with Gasteiger partial charge >= 0.3 is 0 Å². The van der Waals surface area contributed by atoms with Gasteiger partial charge in [0.2, 0.25) is 5.88 Å². The van der Waals surface area contributed by atoms with Crippen LogP contribution < -0.4 is 10.1 Å². The summed E-state index contributed by atoms with van der Waals surface area (Å²) >= 11 is 0. The van der Waals surface area contributed by atoms with Gasteiger partial charge in [-0.3, -0.25) is 9.69 Å². The molecule has 196 valence electrons. The first kappa shape index (κ1) is 25.1. The first-order valence-corrected chi connectivity index (χ1v) is 13.3. The van der Waals surface area contributed by atoms with Crippen LogP contribution in [0.1, 0.15) is 49.0 Å². The second kappa shape index (κ2) is 11.7. The summed E-state index contributed by atoms with van der Waals surface area (Å²) in [5.41, 5.74) is 1.08. The van der Waals surface area contributed by atoms with Gasteiger partial charge in [-0.1, -0.05) is 0 Å². The van der Waals surface area contributed by atoms with E-state index in [2.05, 4.69) is 37.1 Å². The fraction of sp³-hybridized carbons (Fsp3) is 0.692. The summed E-state index contributed by atoms with van der Waals surface area (Å²) in [4.78, 5) is 31.7. The SMILES string of the molecule is CN1CCN(C2CCC(NC(=O)c3cc(OCC4CCOCC4)nc(-c4cncn4C)n3)CC2)CC1. The number of amides is 1. The van der Waals surface area contributed by atoms with Gasteiger partial charge in [0, 0.05) is 64.6 Å². The quantitative estimate of drug-likeness (QED) is 0.620. The van der Waals surface area contributed by atoms with E-state index in [4.69, 9.17) is 9.47 Å². The molecule has 10 heteroatoms. The van der Waals surface area contributed by atoms with Crippen LogP contribution in [0.4, 0.5) is 0 Å². The summed E-state index contributed by atoms with van der Waals surface area (Å²) in [6, 6.07) is 2.47. The normalized spacial score (nSPS) is 24.5. The molecule has 3 aliphatic rings. The molecule has 1 amide bonds. The maximum Gasteiger partial charge on any atom is 0.270 e. The Morgan fingerprint density at radius 2 is 1.81 bits per heavy atom. The molecule has 0 bridgehead atoms. The van der Waals surface area contributed by atoms with E-state index in [1.165, 1.54) is 0 Å². The Balaban J connectivity index is 1.23. The largest absolute Gasteiger partial charge is 0.477 e. The average Bonchev–Trinajstić information content (AvgIpc) is 3.35. The number of aromatic nitrogens is 4. The zero-order valence-electron chi connectivity index (χ0n) is 21.6. The minimum atomic E-state index is -0.167. The zero-order valence-corrected chi connectivity index (χ0v) is 21.6. The van der Waals surface area contributed by atoms with Gasteiger partial charge in [-0.25, -0.2) is 9.97 Å². The summed E-state index contributed by atoms with van der Waals surface area (Å²) in [7, 11) is 4.08. The van der Waals surface area contributed by atoms with E-state index in [1.54, 1.807) is 18.6 Å². The minimum absolute atomic E-state index is 0.167. The van der Waals surface area contributed by atoms with Gasteiger partial charge in [-0.05, 0) is 51.5 Å². The number of piperazine rings is 1. The van der Waals surface area contributed by atoms with Crippen LogP contribution >= 0.6 is 0 Å². The fourth-order valence-corrected chi connectivity index (χ4v) is 5.45. The van der Waals surface area contributed by atoms with Crippen LogP contribution in [0.5, 0.6) is 5.88 Å². The highest BCUT2D eigenvalue weighted by molar-refractivity contribution is 5.93. The van der Waals surface area contributed by atoms with Gasteiger partial charge in [0.1, 0.15) is 11.4 Å². The number of carbonyl (C=O) groups excluding carboxylic acids is 1. The van der Waals surface area contributed by atoms with Crippen LogP contribution in [0.2, 0.25) is 0 Å². The molecule has 3 fully saturated rings. The van der Waals surface area contributed by atoms with Crippen molar-refractivity contribution in [2.24, 2.45) is 13.0 Å². The molecule has 0 spiro atoms. The van der Waals surface area contributed by atoms with Gasteiger partial charge in [-0.15, -0.1) is 0 Å². The monoisotopic (exact) mass is 497 g/mol. The van der Waals surface area contributed by atoms with Gasteiger partial charge in [0.25, 0.3) is 5.91 Å². The van der Waals surface area contributed by atoms with E-state index < -0.39 is 0 Å². The van der Waals surface area contributed by atoms with E-state index >= 15 is 0 Å². The number of likely N-dealkylation sites (N-methyl/N-ethyl adjacent to an activating group) is 1. The topological polar surface area (TPSA) is 97.6 Å². The number of imidazole rings is 1. The van der Waals surface area contributed by atoms with E-state index in [1.807, 2.05) is 11.6 Å². The molecule has 10 nitrogen and oxygen atoms in total. The minimum Gasteiger partial charge on any atom is -0.477 e. The van der Waals surface area contributed by atoms with E-state index in [0.717, 1.165) is 83.6 Å². The highest BCUT2D eigenvalue weighted by Crippen LogP contribution is 2.25. The van der Waals surface area contributed by atoms with Crippen molar-refractivity contribution in [2.45, 2.75) is 50.6 Å². The Labute approximate surface area is 213 Å². The van der Waals surface area contributed by atoms with Crippen molar-refractivity contribution in [3.63, 3.8) is 0 Å². The lowest BCUT2D eigenvalue weighted by Crippen LogP contribution is -2.51. The first-order chi connectivity index (χ1) is 17.5. The van der Waals surface area contributed by atoms with Gasteiger partial charge in [0.15, 0.2) is 5.82 Å². The number of aryl methyl sites for hydroxylation is 1. The average molecular weight is 498 g/mol. The van der Waals surface area contributed by atoms with Crippen LogP contribution in [-0.2, 0) is 11.8 Å². The summed E-state index contributed by atoms with van der Waals surface area (Å²) in [5.74, 6) is 1.14. The van der Waals surface area contributed by atoms with Crippen molar-refractivity contribution in [3.8, 4) is 17.4 Å². The van der Waals surface area contributed by atoms with Crippen molar-refractivity contribution in [1.82, 2.24) is 34.6 Å². The predicted octanol–water partition coefficient (Wildman–Crippen LogP) is 1.97. The molecule has 0 unspecified atom stereocenters. The summed E-state index contributed by atoms with van der Waals surface area (Å²) in [5, 5.41) is 3.24. The molecule has 1 N–H and O–H groups in total. The fourth-order valence-electron chi connectivity index (χ4n) is 5.45. The number of nitrogens with one attached hydrogen (secondary N) is 1. The second-order valence-electron chi connectivity index (χ2n) is 10.5. The molecule has 2 saturated heterocycles. The van der Waals surface area contributed by atoms with Gasteiger partial charge in [-0.2, -0.15) is 4.98 Å². The molecule has 2 aromatic rings. The summed E-state index contributed by atoms with van der Waals surface area (Å²) < 4.78 is 13.4. The number of hydrogen-bond donors (Lipinski definition) is 1. The van der Waals surface area contributed by atoms with Gasteiger partial charge < -0.3 is 24.3 Å². The van der Waals surface area contributed by atoms with Gasteiger partial charge in [0.05, 0.1) is 19.1 Å². The maximum absolute atomic E-state index is 13.3. The Kier molecular flexibility index (Phi) is 8.13. The molecule has 36 heavy (non-hydrogen) atoms. The number of hydrogen-bond acceptors (Lipinski definition) is 8. The molecule has 4 heterocycles. The zero-order chi connectivity index (χ0) is 24.9. The second-order valence-corrected chi connectivity index (χ2v) is 10.5. The Morgan fingerprint density at radius 1 is 1.06 bits per heavy atom.